The minimum Gasteiger partial charge on any atom is -0.327 e. The number of nitrogens with two attached hydrogens (primary N) is 1. The van der Waals surface area contributed by atoms with Crippen LogP contribution in [0.2, 0.25) is 0 Å². The summed E-state index contributed by atoms with van der Waals surface area (Å²) in [5, 5.41) is 4.05. The highest BCUT2D eigenvalue weighted by Crippen LogP contribution is 2.22. The highest BCUT2D eigenvalue weighted by molar-refractivity contribution is 7.90. The molecule has 0 saturated carbocycles. The van der Waals surface area contributed by atoms with Gasteiger partial charge in [0.25, 0.3) is 0 Å². The van der Waals surface area contributed by atoms with Crippen LogP contribution in [0.5, 0.6) is 0 Å². The third-order valence-electron chi connectivity index (χ3n) is 2.88. The van der Waals surface area contributed by atoms with Crippen molar-refractivity contribution in [1.29, 1.82) is 0 Å². The highest BCUT2D eigenvalue weighted by atomic mass is 32.2. The van der Waals surface area contributed by atoms with Crippen molar-refractivity contribution in [3.8, 4) is 11.1 Å². The van der Waals surface area contributed by atoms with Crippen LogP contribution in [-0.2, 0) is 16.4 Å². The first-order chi connectivity index (χ1) is 9.90. The van der Waals surface area contributed by atoms with E-state index in [0.717, 1.165) is 11.8 Å². The fourth-order valence-corrected chi connectivity index (χ4v) is 2.52. The van der Waals surface area contributed by atoms with Crippen LogP contribution in [0.1, 0.15) is 0 Å². The topological polar surface area (TPSA) is 78.0 Å². The van der Waals surface area contributed by atoms with Gasteiger partial charge in [0.2, 0.25) is 0 Å². The molecule has 2 aromatic rings. The zero-order valence-corrected chi connectivity index (χ0v) is 12.3. The molecule has 0 radical (unpaired) electrons. The zero-order valence-electron chi connectivity index (χ0n) is 11.5. The van der Waals surface area contributed by atoms with Gasteiger partial charge in [-0.1, -0.05) is 12.1 Å². The number of benzene rings is 1. The van der Waals surface area contributed by atoms with Crippen molar-refractivity contribution in [3.63, 3.8) is 0 Å². The minimum atomic E-state index is -3.26. The fraction of sp³-hybridized carbons (Fsp3) is 0.214. The molecule has 1 aromatic heterocycles. The van der Waals surface area contributed by atoms with Crippen molar-refractivity contribution >= 4 is 9.84 Å². The standard InChI is InChI=1S/C14H16FN3O2S/c1-21(19,20)14-4-2-3-11(7-14)12-8-17-18(9-12)10-13(15)5-6-16/h2-5,7-9H,6,10,16H2,1H3/b13-5-. The number of halogens is 1. The molecule has 7 heteroatoms. The quantitative estimate of drug-likeness (QED) is 0.913. The summed E-state index contributed by atoms with van der Waals surface area (Å²) in [6.07, 6.45) is 5.66. The average Bonchev–Trinajstić information content (AvgIpc) is 2.86. The molecule has 0 spiro atoms. The SMILES string of the molecule is CS(=O)(=O)c1cccc(-c2cnn(C/C(F)=C/CN)c2)c1. The normalized spacial score (nSPS) is 12.6. The monoisotopic (exact) mass is 309 g/mol. The van der Waals surface area contributed by atoms with E-state index in [1.54, 1.807) is 30.6 Å². The van der Waals surface area contributed by atoms with Gasteiger partial charge >= 0.3 is 0 Å². The Balaban J connectivity index is 2.28. The number of aromatic nitrogens is 2. The maximum absolute atomic E-state index is 13.4. The summed E-state index contributed by atoms with van der Waals surface area (Å²) in [5.41, 5.74) is 6.67. The fourth-order valence-electron chi connectivity index (χ4n) is 1.85. The third kappa shape index (κ3) is 3.99. The van der Waals surface area contributed by atoms with Gasteiger partial charge in [-0.15, -0.1) is 0 Å². The Morgan fingerprint density at radius 2 is 2.19 bits per heavy atom. The largest absolute Gasteiger partial charge is 0.327 e. The molecule has 0 atom stereocenters. The molecule has 1 heterocycles. The van der Waals surface area contributed by atoms with Gasteiger partial charge in [0, 0.05) is 24.6 Å². The van der Waals surface area contributed by atoms with Gasteiger partial charge in [-0.05, 0) is 23.8 Å². The highest BCUT2D eigenvalue weighted by Gasteiger charge is 2.09. The van der Waals surface area contributed by atoms with Crippen molar-refractivity contribution in [2.75, 3.05) is 12.8 Å². The first kappa shape index (κ1) is 15.4. The summed E-state index contributed by atoms with van der Waals surface area (Å²) >= 11 is 0. The molecule has 2 N–H and O–H groups in total. The summed E-state index contributed by atoms with van der Waals surface area (Å²) in [7, 11) is -3.26. The summed E-state index contributed by atoms with van der Waals surface area (Å²) in [6.45, 7) is 0.138. The lowest BCUT2D eigenvalue weighted by atomic mass is 10.1. The van der Waals surface area contributed by atoms with E-state index in [2.05, 4.69) is 5.10 Å². The van der Waals surface area contributed by atoms with Crippen LogP contribution in [0.15, 0.2) is 53.5 Å². The summed E-state index contributed by atoms with van der Waals surface area (Å²) in [5.74, 6) is -0.364. The first-order valence-corrected chi connectivity index (χ1v) is 8.17. The third-order valence-corrected chi connectivity index (χ3v) is 3.99. The second-order valence-electron chi connectivity index (χ2n) is 4.61. The van der Waals surface area contributed by atoms with Crippen molar-refractivity contribution in [3.05, 3.63) is 48.6 Å². The number of hydrogen-bond donors (Lipinski definition) is 1. The molecule has 1 aromatic carbocycles. The lowest BCUT2D eigenvalue weighted by Crippen LogP contribution is -2.01. The van der Waals surface area contributed by atoms with E-state index in [-0.39, 0.29) is 23.8 Å². The maximum Gasteiger partial charge on any atom is 0.175 e. The second-order valence-corrected chi connectivity index (χ2v) is 6.63. The van der Waals surface area contributed by atoms with E-state index < -0.39 is 9.84 Å². The molecule has 0 aliphatic rings. The molecule has 0 bridgehead atoms. The summed E-state index contributed by atoms with van der Waals surface area (Å²) in [6, 6.07) is 6.55. The number of hydrogen-bond acceptors (Lipinski definition) is 4. The van der Waals surface area contributed by atoms with Crippen molar-refractivity contribution < 1.29 is 12.8 Å². The van der Waals surface area contributed by atoms with E-state index >= 15 is 0 Å². The molecular weight excluding hydrogens is 293 g/mol. The zero-order chi connectivity index (χ0) is 15.5. The van der Waals surface area contributed by atoms with Crippen molar-refractivity contribution in [1.82, 2.24) is 9.78 Å². The van der Waals surface area contributed by atoms with Gasteiger partial charge in [0.05, 0.1) is 17.6 Å². The molecule has 0 fully saturated rings. The minimum absolute atomic E-state index is 0.00294. The van der Waals surface area contributed by atoms with E-state index in [0.29, 0.717) is 5.56 Å². The molecule has 5 nitrogen and oxygen atoms in total. The Hall–Kier alpha value is -1.99. The number of rotatable bonds is 5. The Kier molecular flexibility index (Phi) is 4.54. The van der Waals surface area contributed by atoms with E-state index in [9.17, 15) is 12.8 Å². The van der Waals surface area contributed by atoms with Crippen LogP contribution in [0, 0.1) is 0 Å². The molecule has 21 heavy (non-hydrogen) atoms. The van der Waals surface area contributed by atoms with Gasteiger partial charge in [-0.25, -0.2) is 12.8 Å². The molecule has 0 aliphatic heterocycles. The van der Waals surface area contributed by atoms with E-state index in [4.69, 9.17) is 5.73 Å². The Morgan fingerprint density at radius 3 is 2.86 bits per heavy atom. The van der Waals surface area contributed by atoms with E-state index in [1.165, 1.54) is 16.8 Å². The van der Waals surface area contributed by atoms with Crippen LogP contribution in [0.4, 0.5) is 4.39 Å². The molecule has 0 saturated heterocycles. The Labute approximate surface area is 122 Å². The average molecular weight is 309 g/mol. The number of sulfone groups is 1. The van der Waals surface area contributed by atoms with E-state index in [1.807, 2.05) is 0 Å². The van der Waals surface area contributed by atoms with Gasteiger partial charge in [-0.3, -0.25) is 4.68 Å². The molecule has 0 unspecified atom stereocenters. The van der Waals surface area contributed by atoms with Crippen LogP contribution >= 0.6 is 0 Å². The molecular formula is C14H16FN3O2S. The molecule has 0 aliphatic carbocycles. The summed E-state index contributed by atoms with van der Waals surface area (Å²) in [4.78, 5) is 0.238. The van der Waals surface area contributed by atoms with Crippen LogP contribution < -0.4 is 5.73 Å². The Morgan fingerprint density at radius 1 is 1.43 bits per heavy atom. The second kappa shape index (κ2) is 6.19. The number of nitrogens with zero attached hydrogens (tertiary/aromatic N) is 2. The van der Waals surface area contributed by atoms with Crippen molar-refractivity contribution in [2.24, 2.45) is 5.73 Å². The van der Waals surface area contributed by atoms with Gasteiger partial charge < -0.3 is 5.73 Å². The van der Waals surface area contributed by atoms with Crippen LogP contribution in [0.3, 0.4) is 0 Å². The predicted octanol–water partition coefficient (Wildman–Crippen LogP) is 1.77. The van der Waals surface area contributed by atoms with Gasteiger partial charge in [0.15, 0.2) is 9.84 Å². The predicted molar refractivity (Wildman–Crippen MR) is 79.0 cm³/mol. The number of allylic oxidation sites excluding steroid dienone is 1. The maximum atomic E-state index is 13.4. The lowest BCUT2D eigenvalue weighted by molar-refractivity contribution is 0.525. The van der Waals surface area contributed by atoms with Crippen LogP contribution in [0.25, 0.3) is 11.1 Å². The first-order valence-electron chi connectivity index (χ1n) is 6.27. The lowest BCUT2D eigenvalue weighted by Gasteiger charge is -2.01. The Bertz CT molecular complexity index is 766. The smallest absolute Gasteiger partial charge is 0.175 e. The van der Waals surface area contributed by atoms with Crippen LogP contribution in [-0.4, -0.2) is 31.0 Å². The van der Waals surface area contributed by atoms with Gasteiger partial charge in [-0.2, -0.15) is 5.10 Å². The molecule has 112 valence electrons. The molecule has 2 rings (SSSR count). The van der Waals surface area contributed by atoms with Crippen molar-refractivity contribution in [2.45, 2.75) is 11.4 Å². The molecule has 0 amide bonds. The summed E-state index contributed by atoms with van der Waals surface area (Å²) < 4.78 is 37.9. The van der Waals surface area contributed by atoms with Gasteiger partial charge in [0.1, 0.15) is 5.83 Å².